The van der Waals surface area contributed by atoms with Gasteiger partial charge in [0.05, 0.1) is 6.61 Å². The first-order valence-electron chi connectivity index (χ1n) is 6.74. The first kappa shape index (κ1) is 14.8. The minimum Gasteiger partial charge on any atom is -0.494 e. The van der Waals surface area contributed by atoms with Gasteiger partial charge in [0.25, 0.3) is 11.5 Å². The Balaban J connectivity index is 1.82. The van der Waals surface area contributed by atoms with E-state index < -0.39 is 0 Å². The van der Waals surface area contributed by atoms with Crippen LogP contribution in [-0.2, 0) is 6.42 Å². The number of benzene rings is 1. The molecule has 2 N–H and O–H groups in total. The third-order valence-corrected chi connectivity index (χ3v) is 2.85. The summed E-state index contributed by atoms with van der Waals surface area (Å²) in [5, 5.41) is 8.65. The Hall–Kier alpha value is -2.63. The molecule has 0 saturated heterocycles. The molecule has 1 aromatic heterocycles. The summed E-state index contributed by atoms with van der Waals surface area (Å²) in [7, 11) is 0. The number of ether oxygens (including phenoxy) is 1. The number of amides is 1. The second-order valence-electron chi connectivity index (χ2n) is 4.39. The highest BCUT2D eigenvalue weighted by Crippen LogP contribution is 2.12. The Morgan fingerprint density at radius 1 is 1.24 bits per heavy atom. The molecule has 0 aliphatic rings. The number of hydrogen-bond acceptors (Lipinski definition) is 4. The Kier molecular flexibility index (Phi) is 5.09. The van der Waals surface area contributed by atoms with Crippen LogP contribution in [0.4, 0.5) is 0 Å². The molecule has 2 rings (SSSR count). The Morgan fingerprint density at radius 2 is 2.00 bits per heavy atom. The quantitative estimate of drug-likeness (QED) is 0.834. The fraction of sp³-hybridized carbons (Fsp3) is 0.267. The largest absolute Gasteiger partial charge is 0.494 e. The maximum absolute atomic E-state index is 11.8. The van der Waals surface area contributed by atoms with Crippen LogP contribution in [0.2, 0.25) is 0 Å². The predicted molar refractivity (Wildman–Crippen MR) is 78.5 cm³/mol. The van der Waals surface area contributed by atoms with E-state index in [1.807, 2.05) is 31.2 Å². The molecule has 0 atom stereocenters. The lowest BCUT2D eigenvalue weighted by molar-refractivity contribution is 0.0948. The summed E-state index contributed by atoms with van der Waals surface area (Å²) in [6, 6.07) is 10.4. The van der Waals surface area contributed by atoms with Gasteiger partial charge >= 0.3 is 0 Å². The number of nitrogens with zero attached hydrogens (tertiary/aromatic N) is 1. The molecule has 0 radical (unpaired) electrons. The van der Waals surface area contributed by atoms with Crippen LogP contribution in [0.5, 0.6) is 5.75 Å². The highest BCUT2D eigenvalue weighted by Gasteiger charge is 2.06. The molecule has 1 aromatic carbocycles. The van der Waals surface area contributed by atoms with Crippen LogP contribution in [0.25, 0.3) is 0 Å². The summed E-state index contributed by atoms with van der Waals surface area (Å²) in [6.07, 6.45) is 0.710. The van der Waals surface area contributed by atoms with E-state index >= 15 is 0 Å². The van der Waals surface area contributed by atoms with E-state index in [-0.39, 0.29) is 17.2 Å². The van der Waals surface area contributed by atoms with E-state index in [1.54, 1.807) is 0 Å². The molecule has 0 bridgehead atoms. The smallest absolute Gasteiger partial charge is 0.271 e. The monoisotopic (exact) mass is 287 g/mol. The molecular formula is C15H17N3O3. The number of rotatable bonds is 6. The Morgan fingerprint density at radius 3 is 2.62 bits per heavy atom. The van der Waals surface area contributed by atoms with E-state index in [4.69, 9.17) is 4.74 Å². The molecule has 0 aliphatic carbocycles. The van der Waals surface area contributed by atoms with Gasteiger partial charge in [0.1, 0.15) is 11.4 Å². The second-order valence-corrected chi connectivity index (χ2v) is 4.39. The topological polar surface area (TPSA) is 84.1 Å². The Bertz CT molecular complexity index is 629. The van der Waals surface area contributed by atoms with Gasteiger partial charge in [-0.25, -0.2) is 5.10 Å². The zero-order valence-electron chi connectivity index (χ0n) is 11.8. The molecule has 2 aromatic rings. The summed E-state index contributed by atoms with van der Waals surface area (Å²) < 4.78 is 5.36. The van der Waals surface area contributed by atoms with E-state index in [1.165, 1.54) is 12.1 Å². The van der Waals surface area contributed by atoms with Crippen LogP contribution < -0.4 is 15.6 Å². The van der Waals surface area contributed by atoms with Crippen molar-refractivity contribution in [2.75, 3.05) is 13.2 Å². The van der Waals surface area contributed by atoms with Crippen LogP contribution in [0.3, 0.4) is 0 Å². The van der Waals surface area contributed by atoms with Crippen molar-refractivity contribution < 1.29 is 9.53 Å². The van der Waals surface area contributed by atoms with Crippen molar-refractivity contribution >= 4 is 5.91 Å². The average molecular weight is 287 g/mol. The summed E-state index contributed by atoms with van der Waals surface area (Å²) >= 11 is 0. The first-order valence-corrected chi connectivity index (χ1v) is 6.74. The Labute approximate surface area is 122 Å². The van der Waals surface area contributed by atoms with Gasteiger partial charge in [-0.1, -0.05) is 12.1 Å². The molecule has 6 nitrogen and oxygen atoms in total. The van der Waals surface area contributed by atoms with Gasteiger partial charge in [0, 0.05) is 12.6 Å². The molecule has 0 saturated carbocycles. The van der Waals surface area contributed by atoms with Crippen LogP contribution in [-0.4, -0.2) is 29.3 Å². The fourth-order valence-corrected chi connectivity index (χ4v) is 1.80. The first-order chi connectivity index (χ1) is 10.2. The molecule has 0 unspecified atom stereocenters. The van der Waals surface area contributed by atoms with Crippen molar-refractivity contribution in [1.82, 2.24) is 15.5 Å². The predicted octanol–water partition coefficient (Wildman–Crippen LogP) is 1.14. The van der Waals surface area contributed by atoms with Crippen LogP contribution in [0.15, 0.2) is 41.2 Å². The molecule has 1 amide bonds. The highest BCUT2D eigenvalue weighted by atomic mass is 16.5. The third kappa shape index (κ3) is 4.45. The lowest BCUT2D eigenvalue weighted by atomic mass is 10.1. The van der Waals surface area contributed by atoms with E-state index in [0.29, 0.717) is 19.6 Å². The van der Waals surface area contributed by atoms with Crippen LogP contribution >= 0.6 is 0 Å². The zero-order valence-corrected chi connectivity index (χ0v) is 11.8. The fourth-order valence-electron chi connectivity index (χ4n) is 1.80. The highest BCUT2D eigenvalue weighted by molar-refractivity contribution is 5.91. The maximum atomic E-state index is 11.8. The number of aromatic amines is 1. The van der Waals surface area contributed by atoms with Crippen molar-refractivity contribution in [2.45, 2.75) is 13.3 Å². The molecule has 21 heavy (non-hydrogen) atoms. The summed E-state index contributed by atoms with van der Waals surface area (Å²) in [5.74, 6) is 0.528. The van der Waals surface area contributed by atoms with Crippen molar-refractivity contribution in [1.29, 1.82) is 0 Å². The van der Waals surface area contributed by atoms with Crippen molar-refractivity contribution in [2.24, 2.45) is 0 Å². The minimum atomic E-state index is -0.332. The number of carbonyl (C=O) groups is 1. The zero-order chi connectivity index (χ0) is 15.1. The average Bonchev–Trinajstić information content (AvgIpc) is 2.50. The molecule has 0 aliphatic heterocycles. The normalized spacial score (nSPS) is 10.1. The van der Waals surface area contributed by atoms with Crippen molar-refractivity contribution in [3.8, 4) is 5.75 Å². The summed E-state index contributed by atoms with van der Waals surface area (Å²) in [5.41, 5.74) is 0.968. The van der Waals surface area contributed by atoms with Crippen LogP contribution in [0, 0.1) is 0 Å². The molecule has 6 heteroatoms. The summed E-state index contributed by atoms with van der Waals surface area (Å²) in [6.45, 7) is 3.07. The standard InChI is InChI=1S/C15H17N3O3/c1-2-21-12-5-3-11(4-6-12)9-10-16-15(20)13-7-8-14(19)18-17-13/h3-8H,2,9-10H2,1H3,(H,16,20)(H,18,19). The van der Waals surface area contributed by atoms with Crippen molar-refractivity contribution in [3.05, 3.63) is 58.0 Å². The lowest BCUT2D eigenvalue weighted by Gasteiger charge is -2.06. The van der Waals surface area contributed by atoms with E-state index in [2.05, 4.69) is 15.5 Å². The molecule has 0 fully saturated rings. The number of aromatic nitrogens is 2. The second kappa shape index (κ2) is 7.23. The van der Waals surface area contributed by atoms with E-state index in [0.717, 1.165) is 11.3 Å². The van der Waals surface area contributed by atoms with Gasteiger partial charge in [-0.2, -0.15) is 5.10 Å². The van der Waals surface area contributed by atoms with Gasteiger partial charge in [-0.3, -0.25) is 9.59 Å². The minimum absolute atomic E-state index is 0.196. The number of carbonyl (C=O) groups excluding carboxylic acids is 1. The van der Waals surface area contributed by atoms with Gasteiger partial charge in [0.2, 0.25) is 0 Å². The molecular weight excluding hydrogens is 270 g/mol. The van der Waals surface area contributed by atoms with Crippen molar-refractivity contribution in [3.63, 3.8) is 0 Å². The number of hydrogen-bond donors (Lipinski definition) is 2. The number of H-pyrrole nitrogens is 1. The number of nitrogens with one attached hydrogen (secondary N) is 2. The maximum Gasteiger partial charge on any atom is 0.271 e. The van der Waals surface area contributed by atoms with Gasteiger partial charge < -0.3 is 10.1 Å². The SMILES string of the molecule is CCOc1ccc(CCNC(=O)c2ccc(=O)[nH]n2)cc1. The van der Waals surface area contributed by atoms with Gasteiger partial charge in [-0.05, 0) is 37.1 Å². The van der Waals surface area contributed by atoms with E-state index in [9.17, 15) is 9.59 Å². The summed E-state index contributed by atoms with van der Waals surface area (Å²) in [4.78, 5) is 22.6. The molecule has 110 valence electrons. The third-order valence-electron chi connectivity index (χ3n) is 2.85. The van der Waals surface area contributed by atoms with Gasteiger partial charge in [0.15, 0.2) is 0 Å². The van der Waals surface area contributed by atoms with Crippen LogP contribution in [0.1, 0.15) is 23.0 Å². The van der Waals surface area contributed by atoms with Gasteiger partial charge in [-0.15, -0.1) is 0 Å². The molecule has 0 spiro atoms. The lowest BCUT2D eigenvalue weighted by Crippen LogP contribution is -2.27. The molecule has 1 heterocycles.